The summed E-state index contributed by atoms with van der Waals surface area (Å²) in [4.78, 5) is 0. The highest BCUT2D eigenvalue weighted by Crippen LogP contribution is 2.36. The van der Waals surface area contributed by atoms with Crippen LogP contribution < -0.4 is 5.32 Å². The summed E-state index contributed by atoms with van der Waals surface area (Å²) in [5.74, 6) is 0. The topological polar surface area (TPSA) is 12.0 Å². The molecular weight excluding hydrogens is 186 g/mol. The zero-order valence-corrected chi connectivity index (χ0v) is 9.80. The second kappa shape index (κ2) is 5.40. The number of hydrogen-bond donors (Lipinski definition) is 1. The Morgan fingerprint density at radius 3 is 2.42 bits per heavy atom. The monoisotopic (exact) mass is 205 g/mol. The Bertz CT molecular complexity index is 130. The fourth-order valence-corrected chi connectivity index (χ4v) is 4.53. The third-order valence-corrected chi connectivity index (χ3v) is 4.94. The molecule has 0 amide bonds. The molecule has 0 saturated carbocycles. The Morgan fingerprint density at radius 1 is 1.17 bits per heavy atom. The maximum Gasteiger partial charge on any atom is 0.0551 e. The van der Waals surface area contributed by atoms with E-state index in [2.05, 4.69) is 49.6 Å². The normalized spacial score (nSPS) is 36.8. The molecular formula is C9H19NS2. The lowest BCUT2D eigenvalue weighted by atomic mass is 10.3. The van der Waals surface area contributed by atoms with E-state index in [0.717, 1.165) is 4.58 Å². The lowest BCUT2D eigenvalue weighted by Gasteiger charge is -2.33. The van der Waals surface area contributed by atoms with Crippen LogP contribution in [0.3, 0.4) is 0 Å². The molecule has 3 unspecified atom stereocenters. The molecule has 0 aromatic rings. The molecule has 72 valence electrons. The molecule has 0 aliphatic carbocycles. The quantitative estimate of drug-likeness (QED) is 0.759. The average molecular weight is 205 g/mol. The second-order valence-corrected chi connectivity index (χ2v) is 6.58. The van der Waals surface area contributed by atoms with Crippen LogP contribution in [0.25, 0.3) is 0 Å². The number of rotatable bonds is 3. The molecule has 1 aliphatic rings. The first kappa shape index (κ1) is 10.7. The van der Waals surface area contributed by atoms with Gasteiger partial charge in [-0.05, 0) is 19.8 Å². The van der Waals surface area contributed by atoms with Crippen molar-refractivity contribution in [2.45, 2.75) is 55.4 Å². The predicted octanol–water partition coefficient (Wildman–Crippen LogP) is 3.26. The molecule has 0 aromatic carbocycles. The average Bonchev–Trinajstić information content (AvgIpc) is 2.04. The summed E-state index contributed by atoms with van der Waals surface area (Å²) in [7, 11) is 0. The summed E-state index contributed by atoms with van der Waals surface area (Å²) in [5, 5.41) is 5.06. The first-order chi connectivity index (χ1) is 5.76. The van der Waals surface area contributed by atoms with E-state index in [-0.39, 0.29) is 0 Å². The van der Waals surface area contributed by atoms with Gasteiger partial charge in [-0.2, -0.15) is 0 Å². The number of hydrogen-bond acceptors (Lipinski definition) is 3. The highest BCUT2D eigenvalue weighted by Gasteiger charge is 2.24. The Balaban J connectivity index is 2.34. The first-order valence-electron chi connectivity index (χ1n) is 4.83. The zero-order chi connectivity index (χ0) is 8.97. The standard InChI is InChI=1S/C9H19NS2/c1-4-6-9-10-8(5-2)11-7(3)12-9/h7-10H,4-6H2,1-3H3. The van der Waals surface area contributed by atoms with Crippen molar-refractivity contribution in [3.63, 3.8) is 0 Å². The van der Waals surface area contributed by atoms with Crippen LogP contribution in [0.2, 0.25) is 0 Å². The third-order valence-electron chi connectivity index (χ3n) is 2.01. The molecule has 1 rings (SSSR count). The second-order valence-electron chi connectivity index (χ2n) is 3.18. The van der Waals surface area contributed by atoms with Crippen LogP contribution >= 0.6 is 23.5 Å². The van der Waals surface area contributed by atoms with Crippen LogP contribution in [-0.4, -0.2) is 15.3 Å². The van der Waals surface area contributed by atoms with Crippen molar-refractivity contribution < 1.29 is 0 Å². The van der Waals surface area contributed by atoms with Crippen molar-refractivity contribution >= 4 is 23.5 Å². The summed E-state index contributed by atoms with van der Waals surface area (Å²) in [6.07, 6.45) is 3.85. The van der Waals surface area contributed by atoms with Crippen LogP contribution in [0.15, 0.2) is 0 Å². The Kier molecular flexibility index (Phi) is 4.84. The molecule has 0 bridgehead atoms. The Morgan fingerprint density at radius 2 is 1.83 bits per heavy atom. The molecule has 0 spiro atoms. The predicted molar refractivity (Wildman–Crippen MR) is 60.6 cm³/mol. The van der Waals surface area contributed by atoms with Crippen LogP contribution in [0, 0.1) is 0 Å². The molecule has 12 heavy (non-hydrogen) atoms. The van der Waals surface area contributed by atoms with Gasteiger partial charge in [-0.15, -0.1) is 23.5 Å². The van der Waals surface area contributed by atoms with E-state index in [1.54, 1.807) is 0 Å². The summed E-state index contributed by atoms with van der Waals surface area (Å²) < 4.78 is 0.771. The van der Waals surface area contributed by atoms with Gasteiger partial charge in [-0.25, -0.2) is 0 Å². The lowest BCUT2D eigenvalue weighted by Crippen LogP contribution is -2.39. The fraction of sp³-hybridized carbons (Fsp3) is 1.00. The highest BCUT2D eigenvalue weighted by atomic mass is 32.2. The van der Waals surface area contributed by atoms with Crippen LogP contribution in [0.1, 0.15) is 40.0 Å². The van der Waals surface area contributed by atoms with Gasteiger partial charge in [0, 0.05) is 0 Å². The Labute approximate surface area is 84.4 Å². The fourth-order valence-electron chi connectivity index (χ4n) is 1.41. The number of thioether (sulfide) groups is 2. The van der Waals surface area contributed by atoms with E-state index in [1.807, 2.05) is 0 Å². The molecule has 1 fully saturated rings. The van der Waals surface area contributed by atoms with Crippen molar-refractivity contribution in [1.29, 1.82) is 0 Å². The largest absolute Gasteiger partial charge is 0.294 e. The zero-order valence-electron chi connectivity index (χ0n) is 8.17. The first-order valence-corrected chi connectivity index (χ1v) is 6.71. The van der Waals surface area contributed by atoms with Crippen molar-refractivity contribution in [1.82, 2.24) is 5.32 Å². The van der Waals surface area contributed by atoms with Gasteiger partial charge in [-0.3, -0.25) is 5.32 Å². The van der Waals surface area contributed by atoms with E-state index in [9.17, 15) is 0 Å². The van der Waals surface area contributed by atoms with E-state index in [4.69, 9.17) is 0 Å². The maximum absolute atomic E-state index is 3.66. The molecule has 1 saturated heterocycles. The summed E-state index contributed by atoms with van der Waals surface area (Å²) >= 11 is 4.15. The van der Waals surface area contributed by atoms with E-state index in [1.165, 1.54) is 19.3 Å². The Hall–Kier alpha value is 0.660. The van der Waals surface area contributed by atoms with Crippen LogP contribution in [0.4, 0.5) is 0 Å². The van der Waals surface area contributed by atoms with Gasteiger partial charge in [0.15, 0.2) is 0 Å². The van der Waals surface area contributed by atoms with Gasteiger partial charge < -0.3 is 0 Å². The highest BCUT2D eigenvalue weighted by molar-refractivity contribution is 8.18. The maximum atomic E-state index is 3.66. The molecule has 1 aliphatic heterocycles. The summed E-state index contributed by atoms with van der Waals surface area (Å²) in [5.41, 5.74) is 0. The van der Waals surface area contributed by atoms with Crippen LogP contribution in [0.5, 0.6) is 0 Å². The van der Waals surface area contributed by atoms with E-state index >= 15 is 0 Å². The van der Waals surface area contributed by atoms with E-state index < -0.39 is 0 Å². The SMILES string of the molecule is CCCC1NC(CC)SC(C)S1. The van der Waals surface area contributed by atoms with Gasteiger partial charge in [0.25, 0.3) is 0 Å². The van der Waals surface area contributed by atoms with Crippen molar-refractivity contribution in [2.24, 2.45) is 0 Å². The molecule has 3 heteroatoms. The molecule has 0 radical (unpaired) electrons. The third kappa shape index (κ3) is 3.19. The lowest BCUT2D eigenvalue weighted by molar-refractivity contribution is 0.563. The minimum absolute atomic E-state index is 0.692. The van der Waals surface area contributed by atoms with Crippen LogP contribution in [-0.2, 0) is 0 Å². The van der Waals surface area contributed by atoms with Gasteiger partial charge in [-0.1, -0.05) is 20.3 Å². The van der Waals surface area contributed by atoms with Crippen molar-refractivity contribution in [3.05, 3.63) is 0 Å². The van der Waals surface area contributed by atoms with Crippen molar-refractivity contribution in [3.8, 4) is 0 Å². The molecule has 3 atom stereocenters. The summed E-state index contributed by atoms with van der Waals surface area (Å²) in [6, 6.07) is 0. The molecule has 1 N–H and O–H groups in total. The molecule has 0 aromatic heterocycles. The van der Waals surface area contributed by atoms with Gasteiger partial charge >= 0.3 is 0 Å². The summed E-state index contributed by atoms with van der Waals surface area (Å²) in [6.45, 7) is 6.84. The number of nitrogens with one attached hydrogen (secondary N) is 1. The van der Waals surface area contributed by atoms with Gasteiger partial charge in [0.05, 0.1) is 15.3 Å². The minimum atomic E-state index is 0.692. The van der Waals surface area contributed by atoms with E-state index in [0.29, 0.717) is 10.7 Å². The van der Waals surface area contributed by atoms with Crippen molar-refractivity contribution in [2.75, 3.05) is 0 Å². The van der Waals surface area contributed by atoms with Gasteiger partial charge in [0.2, 0.25) is 0 Å². The minimum Gasteiger partial charge on any atom is -0.294 e. The molecule has 1 nitrogen and oxygen atoms in total. The molecule has 1 heterocycles. The smallest absolute Gasteiger partial charge is 0.0551 e. The van der Waals surface area contributed by atoms with Gasteiger partial charge in [0.1, 0.15) is 0 Å².